The standard InChI is InChI=1S/C17H26ClN3O/c1-12(13-6-8-19-9-7-13)10-17(22)20-15-11-14(18)4-5-16(15)21(2)3/h4-5,11-13,19H,6-10H2,1-3H3,(H,20,22). The molecule has 2 N–H and O–H groups in total. The van der Waals surface area contributed by atoms with E-state index in [0.29, 0.717) is 23.3 Å². The van der Waals surface area contributed by atoms with Crippen molar-refractivity contribution < 1.29 is 4.79 Å². The van der Waals surface area contributed by atoms with Crippen molar-refractivity contribution in [2.45, 2.75) is 26.2 Å². The lowest BCUT2D eigenvalue weighted by atomic mass is 9.84. The third-order valence-electron chi connectivity index (χ3n) is 4.41. The number of nitrogens with one attached hydrogen (secondary N) is 2. The molecular formula is C17H26ClN3O. The van der Waals surface area contributed by atoms with Crippen molar-refractivity contribution in [3.8, 4) is 0 Å². The Kier molecular flexibility index (Phi) is 6.09. The molecule has 1 aliphatic heterocycles. The Hall–Kier alpha value is -1.26. The van der Waals surface area contributed by atoms with E-state index in [0.717, 1.165) is 37.3 Å². The highest BCUT2D eigenvalue weighted by atomic mass is 35.5. The number of rotatable bonds is 5. The molecule has 1 aromatic carbocycles. The number of amides is 1. The predicted molar refractivity (Wildman–Crippen MR) is 93.8 cm³/mol. The largest absolute Gasteiger partial charge is 0.376 e. The molecule has 1 aliphatic rings. The predicted octanol–water partition coefficient (Wildman–Crippen LogP) is 3.37. The van der Waals surface area contributed by atoms with E-state index in [1.54, 1.807) is 0 Å². The van der Waals surface area contributed by atoms with Gasteiger partial charge in [-0.25, -0.2) is 0 Å². The molecular weight excluding hydrogens is 298 g/mol. The third-order valence-corrected chi connectivity index (χ3v) is 4.65. The molecule has 0 aliphatic carbocycles. The molecule has 1 unspecified atom stereocenters. The van der Waals surface area contributed by atoms with Crippen LogP contribution in [0.2, 0.25) is 5.02 Å². The first-order chi connectivity index (χ1) is 10.5. The second kappa shape index (κ2) is 7.84. The summed E-state index contributed by atoms with van der Waals surface area (Å²) in [7, 11) is 3.91. The Bertz CT molecular complexity index is 513. The molecule has 1 aromatic rings. The fourth-order valence-corrected chi connectivity index (χ4v) is 3.24. The zero-order valence-corrected chi connectivity index (χ0v) is 14.4. The van der Waals surface area contributed by atoms with Crippen LogP contribution in [-0.4, -0.2) is 33.1 Å². The number of nitrogens with zero attached hydrogens (tertiary/aromatic N) is 1. The number of carbonyl (C=O) groups is 1. The first kappa shape index (κ1) is 17.1. The lowest BCUT2D eigenvalue weighted by Gasteiger charge is -2.28. The second-order valence-corrected chi connectivity index (χ2v) is 6.81. The minimum Gasteiger partial charge on any atom is -0.376 e. The van der Waals surface area contributed by atoms with Crippen molar-refractivity contribution in [1.82, 2.24) is 5.32 Å². The average Bonchev–Trinajstić information content (AvgIpc) is 2.47. The molecule has 22 heavy (non-hydrogen) atoms. The summed E-state index contributed by atoms with van der Waals surface area (Å²) in [5.74, 6) is 1.11. The van der Waals surface area contributed by atoms with Crippen LogP contribution in [0.5, 0.6) is 0 Å². The van der Waals surface area contributed by atoms with Gasteiger partial charge in [-0.15, -0.1) is 0 Å². The molecule has 4 nitrogen and oxygen atoms in total. The monoisotopic (exact) mass is 323 g/mol. The number of piperidine rings is 1. The third kappa shape index (κ3) is 4.62. The topological polar surface area (TPSA) is 44.4 Å². The maximum absolute atomic E-state index is 12.4. The summed E-state index contributed by atoms with van der Waals surface area (Å²) in [5.41, 5.74) is 1.74. The number of anilines is 2. The molecule has 122 valence electrons. The van der Waals surface area contributed by atoms with Gasteiger partial charge >= 0.3 is 0 Å². The number of hydrogen-bond acceptors (Lipinski definition) is 3. The van der Waals surface area contributed by atoms with Crippen LogP contribution in [0.25, 0.3) is 0 Å². The first-order valence-corrected chi connectivity index (χ1v) is 8.32. The number of benzene rings is 1. The van der Waals surface area contributed by atoms with Gasteiger partial charge in [0.15, 0.2) is 0 Å². The smallest absolute Gasteiger partial charge is 0.224 e. The lowest BCUT2D eigenvalue weighted by molar-refractivity contribution is -0.117. The van der Waals surface area contributed by atoms with Crippen LogP contribution in [-0.2, 0) is 4.79 Å². The van der Waals surface area contributed by atoms with E-state index in [1.807, 2.05) is 37.2 Å². The second-order valence-electron chi connectivity index (χ2n) is 6.37. The van der Waals surface area contributed by atoms with Crippen LogP contribution in [0.15, 0.2) is 18.2 Å². The van der Waals surface area contributed by atoms with Crippen molar-refractivity contribution in [3.05, 3.63) is 23.2 Å². The molecule has 5 heteroatoms. The van der Waals surface area contributed by atoms with Gasteiger partial charge in [0.05, 0.1) is 11.4 Å². The molecule has 1 amide bonds. The first-order valence-electron chi connectivity index (χ1n) is 7.95. The zero-order valence-electron chi connectivity index (χ0n) is 13.7. The van der Waals surface area contributed by atoms with Crippen LogP contribution in [0.1, 0.15) is 26.2 Å². The van der Waals surface area contributed by atoms with Gasteiger partial charge in [-0.1, -0.05) is 18.5 Å². The van der Waals surface area contributed by atoms with Crippen molar-refractivity contribution >= 4 is 28.9 Å². The van der Waals surface area contributed by atoms with Crippen LogP contribution in [0.3, 0.4) is 0 Å². The molecule has 0 saturated carbocycles. The van der Waals surface area contributed by atoms with Crippen LogP contribution in [0.4, 0.5) is 11.4 Å². The Labute approximate surface area is 138 Å². The highest BCUT2D eigenvalue weighted by Gasteiger charge is 2.22. The fraction of sp³-hybridized carbons (Fsp3) is 0.588. The van der Waals surface area contributed by atoms with Crippen LogP contribution < -0.4 is 15.5 Å². The molecule has 0 radical (unpaired) electrons. The maximum atomic E-state index is 12.4. The van der Waals surface area contributed by atoms with E-state index < -0.39 is 0 Å². The zero-order chi connectivity index (χ0) is 16.1. The number of halogens is 1. The molecule has 0 bridgehead atoms. The molecule has 1 fully saturated rings. The van der Waals surface area contributed by atoms with E-state index in [9.17, 15) is 4.79 Å². The highest BCUT2D eigenvalue weighted by Crippen LogP contribution is 2.29. The number of carbonyl (C=O) groups excluding carboxylic acids is 1. The minimum absolute atomic E-state index is 0.0661. The van der Waals surface area contributed by atoms with E-state index in [1.165, 1.54) is 0 Å². The summed E-state index contributed by atoms with van der Waals surface area (Å²) in [5, 5.41) is 7.02. The fourth-order valence-electron chi connectivity index (χ4n) is 3.07. The molecule has 1 saturated heterocycles. The van der Waals surface area contributed by atoms with Gasteiger partial charge in [0.2, 0.25) is 5.91 Å². The summed E-state index contributed by atoms with van der Waals surface area (Å²) < 4.78 is 0. The molecule has 0 aromatic heterocycles. The van der Waals surface area contributed by atoms with Gasteiger partial charge in [0.25, 0.3) is 0 Å². The highest BCUT2D eigenvalue weighted by molar-refractivity contribution is 6.31. The SMILES string of the molecule is CC(CC(=O)Nc1cc(Cl)ccc1N(C)C)C1CCNCC1. The summed E-state index contributed by atoms with van der Waals surface area (Å²) in [6.45, 7) is 4.31. The normalized spacial score (nSPS) is 17.1. The van der Waals surface area contributed by atoms with Gasteiger partial charge in [0, 0.05) is 25.5 Å². The van der Waals surface area contributed by atoms with Gasteiger partial charge in [-0.2, -0.15) is 0 Å². The van der Waals surface area contributed by atoms with Gasteiger partial charge in [-0.05, 0) is 56.0 Å². The summed E-state index contributed by atoms with van der Waals surface area (Å²) in [6.07, 6.45) is 2.88. The summed E-state index contributed by atoms with van der Waals surface area (Å²) in [4.78, 5) is 14.3. The van der Waals surface area contributed by atoms with Gasteiger partial charge in [-0.3, -0.25) is 4.79 Å². The molecule has 1 atom stereocenters. The Morgan fingerprint density at radius 2 is 2.09 bits per heavy atom. The Morgan fingerprint density at radius 3 is 2.73 bits per heavy atom. The van der Waals surface area contributed by atoms with Crippen LogP contribution >= 0.6 is 11.6 Å². The Morgan fingerprint density at radius 1 is 1.41 bits per heavy atom. The van der Waals surface area contributed by atoms with Crippen molar-refractivity contribution in [2.75, 3.05) is 37.4 Å². The molecule has 0 spiro atoms. The quantitative estimate of drug-likeness (QED) is 0.873. The average molecular weight is 324 g/mol. The number of hydrogen-bond donors (Lipinski definition) is 2. The van der Waals surface area contributed by atoms with Crippen molar-refractivity contribution in [3.63, 3.8) is 0 Å². The summed E-state index contributed by atoms with van der Waals surface area (Å²) in [6, 6.07) is 5.57. The van der Waals surface area contributed by atoms with E-state index in [-0.39, 0.29) is 5.91 Å². The van der Waals surface area contributed by atoms with E-state index >= 15 is 0 Å². The minimum atomic E-state index is 0.0661. The lowest BCUT2D eigenvalue weighted by Crippen LogP contribution is -2.32. The van der Waals surface area contributed by atoms with E-state index in [4.69, 9.17) is 11.6 Å². The van der Waals surface area contributed by atoms with Crippen molar-refractivity contribution in [1.29, 1.82) is 0 Å². The maximum Gasteiger partial charge on any atom is 0.224 e. The van der Waals surface area contributed by atoms with Gasteiger partial charge < -0.3 is 15.5 Å². The van der Waals surface area contributed by atoms with Gasteiger partial charge in [0.1, 0.15) is 0 Å². The molecule has 1 heterocycles. The summed E-state index contributed by atoms with van der Waals surface area (Å²) >= 11 is 6.06. The van der Waals surface area contributed by atoms with E-state index in [2.05, 4.69) is 17.6 Å². The Balaban J connectivity index is 1.98. The molecule has 2 rings (SSSR count). The van der Waals surface area contributed by atoms with Crippen molar-refractivity contribution in [2.24, 2.45) is 11.8 Å². The van der Waals surface area contributed by atoms with Crippen LogP contribution in [0, 0.1) is 11.8 Å².